The standard InChI is InChI=1S/C30H34N4O3/c1-23-30(36)34(27-9-5-6-10-28(27)37-23)16-15-29(35)31-26-13-11-25(12-14-26)22-33-19-17-32(18-20-33)21-24-7-3-2-4-8-24/h2-14,23H,15-22H2,1H3,(H,31,35). The Morgan fingerprint density at radius 1 is 0.838 bits per heavy atom. The smallest absolute Gasteiger partial charge is 0.267 e. The van der Waals surface area contributed by atoms with Crippen molar-refractivity contribution in [1.29, 1.82) is 0 Å². The molecule has 1 N–H and O–H groups in total. The Bertz CT molecular complexity index is 1210. The minimum atomic E-state index is -0.558. The Morgan fingerprint density at radius 2 is 1.43 bits per heavy atom. The Morgan fingerprint density at radius 3 is 2.11 bits per heavy atom. The molecule has 1 atom stereocenters. The lowest BCUT2D eigenvalue weighted by molar-refractivity contribution is -0.125. The van der Waals surface area contributed by atoms with Gasteiger partial charge in [-0.3, -0.25) is 19.4 Å². The van der Waals surface area contributed by atoms with Gasteiger partial charge in [-0.1, -0.05) is 54.6 Å². The van der Waals surface area contributed by atoms with Gasteiger partial charge in [-0.15, -0.1) is 0 Å². The normalized spacial score (nSPS) is 18.2. The number of fused-ring (bicyclic) bond motifs is 1. The molecule has 0 aliphatic carbocycles. The van der Waals surface area contributed by atoms with E-state index in [1.807, 2.05) is 36.4 Å². The van der Waals surface area contributed by atoms with Crippen molar-refractivity contribution in [3.8, 4) is 5.75 Å². The van der Waals surface area contributed by atoms with E-state index in [0.717, 1.165) is 45.0 Å². The molecule has 0 spiro atoms. The number of piperazine rings is 1. The number of carbonyl (C=O) groups is 2. The molecule has 2 aliphatic heterocycles. The van der Waals surface area contributed by atoms with Crippen molar-refractivity contribution in [3.63, 3.8) is 0 Å². The first-order chi connectivity index (χ1) is 18.0. The summed E-state index contributed by atoms with van der Waals surface area (Å²) in [4.78, 5) is 31.9. The van der Waals surface area contributed by atoms with E-state index in [9.17, 15) is 9.59 Å². The summed E-state index contributed by atoms with van der Waals surface area (Å²) in [5.41, 5.74) is 4.08. The number of amides is 2. The fourth-order valence-corrected chi connectivity index (χ4v) is 4.93. The van der Waals surface area contributed by atoms with Crippen LogP contribution in [0.5, 0.6) is 5.75 Å². The molecule has 1 fully saturated rings. The van der Waals surface area contributed by atoms with Gasteiger partial charge in [0.25, 0.3) is 5.91 Å². The summed E-state index contributed by atoms with van der Waals surface area (Å²) in [5, 5.41) is 2.96. The Hall–Kier alpha value is -3.68. The van der Waals surface area contributed by atoms with E-state index < -0.39 is 6.10 Å². The Balaban J connectivity index is 1.07. The molecular weight excluding hydrogens is 464 g/mol. The van der Waals surface area contributed by atoms with Crippen molar-refractivity contribution in [2.24, 2.45) is 0 Å². The summed E-state index contributed by atoms with van der Waals surface area (Å²) in [6.07, 6.45) is -0.348. The first kappa shape index (κ1) is 25.0. The van der Waals surface area contributed by atoms with Crippen molar-refractivity contribution >= 4 is 23.2 Å². The molecule has 0 radical (unpaired) electrons. The number of carbonyl (C=O) groups excluding carboxylic acids is 2. The van der Waals surface area contributed by atoms with Crippen molar-refractivity contribution in [2.75, 3.05) is 42.9 Å². The minimum Gasteiger partial charge on any atom is -0.479 e. The van der Waals surface area contributed by atoms with Crippen LogP contribution < -0.4 is 15.0 Å². The zero-order valence-electron chi connectivity index (χ0n) is 21.3. The molecule has 2 amide bonds. The van der Waals surface area contributed by atoms with Gasteiger partial charge in [0, 0.05) is 57.9 Å². The van der Waals surface area contributed by atoms with Gasteiger partial charge in [-0.25, -0.2) is 0 Å². The molecule has 2 heterocycles. The van der Waals surface area contributed by atoms with Gasteiger partial charge in [-0.2, -0.15) is 0 Å². The van der Waals surface area contributed by atoms with E-state index in [4.69, 9.17) is 4.74 Å². The van der Waals surface area contributed by atoms with E-state index >= 15 is 0 Å². The highest BCUT2D eigenvalue weighted by molar-refractivity contribution is 6.00. The van der Waals surface area contributed by atoms with E-state index in [2.05, 4.69) is 57.6 Å². The van der Waals surface area contributed by atoms with E-state index in [1.165, 1.54) is 11.1 Å². The van der Waals surface area contributed by atoms with Crippen molar-refractivity contribution < 1.29 is 14.3 Å². The van der Waals surface area contributed by atoms with Gasteiger partial charge < -0.3 is 15.0 Å². The quantitative estimate of drug-likeness (QED) is 0.506. The highest BCUT2D eigenvalue weighted by atomic mass is 16.5. The lowest BCUT2D eigenvalue weighted by Crippen LogP contribution is -2.45. The summed E-state index contributed by atoms with van der Waals surface area (Å²) in [7, 11) is 0. The molecule has 37 heavy (non-hydrogen) atoms. The van der Waals surface area contributed by atoms with Crippen LogP contribution in [-0.2, 0) is 22.7 Å². The average molecular weight is 499 g/mol. The monoisotopic (exact) mass is 498 g/mol. The van der Waals surface area contributed by atoms with Crippen LogP contribution in [0, 0.1) is 0 Å². The van der Waals surface area contributed by atoms with Crippen LogP contribution in [0.2, 0.25) is 0 Å². The summed E-state index contributed by atoms with van der Waals surface area (Å²) < 4.78 is 5.67. The average Bonchev–Trinajstić information content (AvgIpc) is 2.92. The van der Waals surface area contributed by atoms with Crippen LogP contribution >= 0.6 is 0 Å². The zero-order valence-corrected chi connectivity index (χ0v) is 21.3. The summed E-state index contributed by atoms with van der Waals surface area (Å²) in [5.74, 6) is 0.423. The maximum atomic E-state index is 12.6. The summed E-state index contributed by atoms with van der Waals surface area (Å²) in [6, 6.07) is 26.1. The second kappa shape index (κ2) is 11.6. The largest absolute Gasteiger partial charge is 0.479 e. The van der Waals surface area contributed by atoms with Crippen LogP contribution in [0.15, 0.2) is 78.9 Å². The molecule has 0 aromatic heterocycles. The number of rotatable bonds is 8. The van der Waals surface area contributed by atoms with Gasteiger partial charge in [0.1, 0.15) is 5.75 Å². The summed E-state index contributed by atoms with van der Waals surface area (Å²) in [6.45, 7) is 8.19. The highest BCUT2D eigenvalue weighted by Crippen LogP contribution is 2.33. The van der Waals surface area contributed by atoms with Crippen molar-refractivity contribution in [3.05, 3.63) is 90.0 Å². The lowest BCUT2D eigenvalue weighted by Gasteiger charge is -2.34. The number of nitrogens with one attached hydrogen (secondary N) is 1. The first-order valence-electron chi connectivity index (χ1n) is 13.0. The molecule has 3 aromatic rings. The maximum absolute atomic E-state index is 12.6. The van der Waals surface area contributed by atoms with Crippen LogP contribution in [0.3, 0.4) is 0 Å². The van der Waals surface area contributed by atoms with Crippen LogP contribution in [0.4, 0.5) is 11.4 Å². The molecule has 7 nitrogen and oxygen atoms in total. The third-order valence-electron chi connectivity index (χ3n) is 6.99. The topological polar surface area (TPSA) is 65.1 Å². The van der Waals surface area contributed by atoms with Crippen LogP contribution in [-0.4, -0.2) is 60.4 Å². The fourth-order valence-electron chi connectivity index (χ4n) is 4.93. The number of para-hydroxylation sites is 2. The third-order valence-corrected chi connectivity index (χ3v) is 6.99. The second-order valence-corrected chi connectivity index (χ2v) is 9.75. The van der Waals surface area contributed by atoms with Gasteiger partial charge in [0.05, 0.1) is 5.69 Å². The predicted octanol–water partition coefficient (Wildman–Crippen LogP) is 4.15. The van der Waals surface area contributed by atoms with Crippen LogP contribution in [0.25, 0.3) is 0 Å². The van der Waals surface area contributed by atoms with Crippen LogP contribution in [0.1, 0.15) is 24.5 Å². The molecule has 192 valence electrons. The Kier molecular flexibility index (Phi) is 7.82. The molecule has 2 aliphatic rings. The Labute approximate surface area is 218 Å². The van der Waals surface area contributed by atoms with E-state index in [-0.39, 0.29) is 18.2 Å². The number of ether oxygens (including phenoxy) is 1. The molecule has 0 saturated carbocycles. The van der Waals surface area contributed by atoms with Crippen molar-refractivity contribution in [2.45, 2.75) is 32.5 Å². The number of nitrogens with zero attached hydrogens (tertiary/aromatic N) is 3. The first-order valence-corrected chi connectivity index (χ1v) is 13.0. The minimum absolute atomic E-state index is 0.119. The fraction of sp³-hybridized carbons (Fsp3) is 0.333. The molecular formula is C30H34N4O3. The number of anilines is 2. The van der Waals surface area contributed by atoms with E-state index in [0.29, 0.717) is 18.0 Å². The lowest BCUT2D eigenvalue weighted by atomic mass is 10.1. The molecule has 7 heteroatoms. The molecule has 3 aromatic carbocycles. The second-order valence-electron chi connectivity index (χ2n) is 9.75. The van der Waals surface area contributed by atoms with Gasteiger partial charge in [-0.05, 0) is 42.3 Å². The zero-order chi connectivity index (χ0) is 25.6. The number of hydrogen-bond acceptors (Lipinski definition) is 5. The molecule has 1 saturated heterocycles. The molecule has 5 rings (SSSR count). The number of benzene rings is 3. The van der Waals surface area contributed by atoms with Crippen molar-refractivity contribution in [1.82, 2.24) is 9.80 Å². The molecule has 1 unspecified atom stereocenters. The van der Waals surface area contributed by atoms with Gasteiger partial charge in [0.15, 0.2) is 6.10 Å². The van der Waals surface area contributed by atoms with Gasteiger partial charge in [0.2, 0.25) is 5.91 Å². The van der Waals surface area contributed by atoms with Gasteiger partial charge >= 0.3 is 0 Å². The summed E-state index contributed by atoms with van der Waals surface area (Å²) >= 11 is 0. The molecule has 0 bridgehead atoms. The SMILES string of the molecule is CC1Oc2ccccc2N(CCC(=O)Nc2ccc(CN3CCN(Cc4ccccc4)CC3)cc2)C1=O. The number of hydrogen-bond donors (Lipinski definition) is 1. The predicted molar refractivity (Wildman–Crippen MR) is 146 cm³/mol. The maximum Gasteiger partial charge on any atom is 0.267 e. The highest BCUT2D eigenvalue weighted by Gasteiger charge is 2.31. The third kappa shape index (κ3) is 6.37. The van der Waals surface area contributed by atoms with E-state index in [1.54, 1.807) is 11.8 Å².